The van der Waals surface area contributed by atoms with Crippen LogP contribution in [0.15, 0.2) is 18.2 Å². The van der Waals surface area contributed by atoms with Crippen LogP contribution in [0.2, 0.25) is 0 Å². The van der Waals surface area contributed by atoms with Crippen LogP contribution in [0.1, 0.15) is 5.56 Å². The van der Waals surface area contributed by atoms with E-state index in [9.17, 15) is 4.79 Å². The minimum Gasteiger partial charge on any atom is -0.506 e. The SMILES string of the molecule is Nc1cc(C[C@H](N)C(=O)O)ccc1O. The highest BCUT2D eigenvalue weighted by molar-refractivity contribution is 5.73. The molecule has 0 aliphatic rings. The van der Waals surface area contributed by atoms with Gasteiger partial charge in [-0.3, -0.25) is 4.79 Å². The molecular weight excluding hydrogens is 184 g/mol. The molecule has 0 aliphatic carbocycles. The summed E-state index contributed by atoms with van der Waals surface area (Å²) in [6.07, 6.45) is 0.194. The lowest BCUT2D eigenvalue weighted by Crippen LogP contribution is -2.32. The Morgan fingerprint density at radius 2 is 2.14 bits per heavy atom. The molecular formula is C9H12N2O3. The summed E-state index contributed by atoms with van der Waals surface area (Å²) in [7, 11) is 0. The normalized spacial score (nSPS) is 12.4. The fraction of sp³-hybridized carbons (Fsp3) is 0.222. The fourth-order valence-electron chi connectivity index (χ4n) is 1.07. The first kappa shape index (κ1) is 10.3. The zero-order valence-electron chi connectivity index (χ0n) is 7.47. The Hall–Kier alpha value is -1.75. The smallest absolute Gasteiger partial charge is 0.320 e. The number of nitrogens with two attached hydrogens (primary N) is 2. The largest absolute Gasteiger partial charge is 0.506 e. The second-order valence-corrected chi connectivity index (χ2v) is 3.04. The molecule has 1 rings (SSSR count). The first-order valence-corrected chi connectivity index (χ1v) is 4.06. The van der Waals surface area contributed by atoms with Crippen molar-refractivity contribution in [3.63, 3.8) is 0 Å². The van der Waals surface area contributed by atoms with Crippen LogP contribution in [0.4, 0.5) is 5.69 Å². The predicted molar refractivity (Wildman–Crippen MR) is 51.8 cm³/mol. The fourth-order valence-corrected chi connectivity index (χ4v) is 1.07. The number of benzene rings is 1. The number of rotatable bonds is 3. The van der Waals surface area contributed by atoms with Gasteiger partial charge >= 0.3 is 5.97 Å². The van der Waals surface area contributed by atoms with E-state index in [1.54, 1.807) is 6.07 Å². The van der Waals surface area contributed by atoms with Gasteiger partial charge in [-0.15, -0.1) is 0 Å². The van der Waals surface area contributed by atoms with Gasteiger partial charge in [0.2, 0.25) is 0 Å². The number of nitrogen functional groups attached to an aromatic ring is 1. The Bertz CT molecular complexity index is 352. The zero-order valence-corrected chi connectivity index (χ0v) is 7.47. The van der Waals surface area contributed by atoms with Gasteiger partial charge in [0.25, 0.3) is 0 Å². The summed E-state index contributed by atoms with van der Waals surface area (Å²) in [4.78, 5) is 10.4. The van der Waals surface area contributed by atoms with Crippen LogP contribution in [0.3, 0.4) is 0 Å². The standard InChI is InChI=1S/C9H12N2O3/c10-6-3-5(1-2-8(6)12)4-7(11)9(13)14/h1-3,7,12H,4,10-11H2,(H,13,14)/t7-/m0/s1. The van der Waals surface area contributed by atoms with Gasteiger partial charge in [-0.25, -0.2) is 0 Å². The van der Waals surface area contributed by atoms with E-state index in [0.29, 0.717) is 5.56 Å². The number of phenols is 1. The molecule has 0 radical (unpaired) electrons. The van der Waals surface area contributed by atoms with Gasteiger partial charge in [0.1, 0.15) is 11.8 Å². The van der Waals surface area contributed by atoms with Gasteiger partial charge in [-0.2, -0.15) is 0 Å². The van der Waals surface area contributed by atoms with E-state index in [0.717, 1.165) is 0 Å². The molecule has 1 aromatic rings. The molecule has 0 bridgehead atoms. The Kier molecular flexibility index (Phi) is 2.93. The highest BCUT2D eigenvalue weighted by Gasteiger charge is 2.12. The number of carboxylic acids is 1. The van der Waals surface area contributed by atoms with Gasteiger partial charge in [-0.1, -0.05) is 6.07 Å². The maximum absolute atomic E-state index is 10.4. The van der Waals surface area contributed by atoms with Crippen molar-refractivity contribution in [2.24, 2.45) is 5.73 Å². The van der Waals surface area contributed by atoms with Gasteiger partial charge in [0.05, 0.1) is 5.69 Å². The number of aliphatic carboxylic acids is 1. The summed E-state index contributed by atoms with van der Waals surface area (Å²) < 4.78 is 0. The van der Waals surface area contributed by atoms with Crippen LogP contribution in [0.25, 0.3) is 0 Å². The zero-order chi connectivity index (χ0) is 10.7. The lowest BCUT2D eigenvalue weighted by atomic mass is 10.1. The molecule has 0 spiro atoms. The van der Waals surface area contributed by atoms with Crippen LogP contribution in [0.5, 0.6) is 5.75 Å². The maximum atomic E-state index is 10.4. The second-order valence-electron chi connectivity index (χ2n) is 3.04. The lowest BCUT2D eigenvalue weighted by Gasteiger charge is -2.07. The minimum atomic E-state index is -1.06. The molecule has 0 amide bonds. The topological polar surface area (TPSA) is 110 Å². The van der Waals surface area contributed by atoms with E-state index >= 15 is 0 Å². The van der Waals surface area contributed by atoms with Crippen molar-refractivity contribution in [2.75, 3.05) is 5.73 Å². The molecule has 5 nitrogen and oxygen atoms in total. The van der Waals surface area contributed by atoms with Crippen LogP contribution in [0, 0.1) is 0 Å². The van der Waals surface area contributed by atoms with Crippen LogP contribution < -0.4 is 11.5 Å². The molecule has 0 fully saturated rings. The molecule has 6 N–H and O–H groups in total. The first-order chi connectivity index (χ1) is 6.50. The second kappa shape index (κ2) is 3.97. The molecule has 76 valence electrons. The van der Waals surface area contributed by atoms with E-state index in [1.807, 2.05) is 0 Å². The number of carbonyl (C=O) groups is 1. The van der Waals surface area contributed by atoms with Crippen LogP contribution >= 0.6 is 0 Å². The van der Waals surface area contributed by atoms with E-state index in [4.69, 9.17) is 21.7 Å². The minimum absolute atomic E-state index is 0.0161. The Morgan fingerprint density at radius 1 is 1.50 bits per heavy atom. The summed E-state index contributed by atoms with van der Waals surface area (Å²) >= 11 is 0. The molecule has 0 unspecified atom stereocenters. The van der Waals surface area contributed by atoms with E-state index in [-0.39, 0.29) is 17.9 Å². The molecule has 14 heavy (non-hydrogen) atoms. The number of anilines is 1. The summed E-state index contributed by atoms with van der Waals surface area (Å²) in [5, 5.41) is 17.7. The number of aromatic hydroxyl groups is 1. The number of hydrogen-bond donors (Lipinski definition) is 4. The summed E-state index contributed by atoms with van der Waals surface area (Å²) in [6.45, 7) is 0. The molecule has 0 saturated heterocycles. The third kappa shape index (κ3) is 2.37. The highest BCUT2D eigenvalue weighted by Crippen LogP contribution is 2.20. The number of hydrogen-bond acceptors (Lipinski definition) is 4. The molecule has 0 aromatic heterocycles. The monoisotopic (exact) mass is 196 g/mol. The maximum Gasteiger partial charge on any atom is 0.320 e. The van der Waals surface area contributed by atoms with Crippen molar-refractivity contribution in [2.45, 2.75) is 12.5 Å². The van der Waals surface area contributed by atoms with Crippen molar-refractivity contribution in [1.82, 2.24) is 0 Å². The van der Waals surface area contributed by atoms with Gasteiger partial charge in [0.15, 0.2) is 0 Å². The van der Waals surface area contributed by atoms with Gasteiger partial charge < -0.3 is 21.7 Å². The van der Waals surface area contributed by atoms with Crippen molar-refractivity contribution in [3.8, 4) is 5.75 Å². The quantitative estimate of drug-likeness (QED) is 0.399. The van der Waals surface area contributed by atoms with E-state index in [1.165, 1.54) is 12.1 Å². The molecule has 5 heteroatoms. The third-order valence-electron chi connectivity index (χ3n) is 1.86. The average molecular weight is 196 g/mol. The van der Waals surface area contributed by atoms with Crippen molar-refractivity contribution in [1.29, 1.82) is 0 Å². The molecule has 0 aliphatic heterocycles. The van der Waals surface area contributed by atoms with Crippen LogP contribution in [-0.2, 0) is 11.2 Å². The number of phenolic OH excluding ortho intramolecular Hbond substituents is 1. The summed E-state index contributed by atoms with van der Waals surface area (Å²) in [5.74, 6) is -1.07. The molecule has 0 heterocycles. The van der Waals surface area contributed by atoms with Gasteiger partial charge in [-0.05, 0) is 24.1 Å². The molecule has 1 atom stereocenters. The van der Waals surface area contributed by atoms with E-state index < -0.39 is 12.0 Å². The molecule has 0 saturated carbocycles. The Balaban J connectivity index is 2.78. The average Bonchev–Trinajstić information content (AvgIpc) is 2.11. The van der Waals surface area contributed by atoms with Crippen molar-refractivity contribution >= 4 is 11.7 Å². The predicted octanol–water partition coefficient (Wildman–Crippen LogP) is -0.0712. The number of carboxylic acid groups (broad SMARTS) is 1. The van der Waals surface area contributed by atoms with Gasteiger partial charge in [0, 0.05) is 0 Å². The third-order valence-corrected chi connectivity index (χ3v) is 1.86. The first-order valence-electron chi connectivity index (χ1n) is 4.06. The summed E-state index contributed by atoms with van der Waals surface area (Å²) in [5.41, 5.74) is 11.7. The highest BCUT2D eigenvalue weighted by atomic mass is 16.4. The van der Waals surface area contributed by atoms with Crippen molar-refractivity contribution in [3.05, 3.63) is 23.8 Å². The Labute approximate surface area is 81.0 Å². The summed E-state index contributed by atoms with van der Waals surface area (Å²) in [6, 6.07) is 3.57. The molecule has 1 aromatic carbocycles. The lowest BCUT2D eigenvalue weighted by molar-refractivity contribution is -0.138. The van der Waals surface area contributed by atoms with Crippen LogP contribution in [-0.4, -0.2) is 22.2 Å². The van der Waals surface area contributed by atoms with E-state index in [2.05, 4.69) is 0 Å². The Morgan fingerprint density at radius 3 is 2.64 bits per heavy atom. The van der Waals surface area contributed by atoms with Crippen molar-refractivity contribution < 1.29 is 15.0 Å².